The van der Waals surface area contributed by atoms with Crippen LogP contribution in [0.1, 0.15) is 22.5 Å². The molecule has 1 aromatic rings. The number of oxime groups is 1. The van der Waals surface area contributed by atoms with Crippen molar-refractivity contribution in [2.45, 2.75) is 27.3 Å². The second kappa shape index (κ2) is 5.81. The molecule has 1 aromatic heterocycles. The lowest BCUT2D eigenvalue weighted by Gasteiger charge is -2.17. The summed E-state index contributed by atoms with van der Waals surface area (Å²) in [6.45, 7) is 8.16. The monoisotopic (exact) mass is 242 g/mol. The van der Waals surface area contributed by atoms with Crippen LogP contribution in [0.2, 0.25) is 0 Å². The summed E-state index contributed by atoms with van der Waals surface area (Å²) in [4.78, 5) is 7.79. The van der Waals surface area contributed by atoms with Gasteiger partial charge in [0, 0.05) is 4.88 Å². The molecule has 0 aliphatic rings. The highest BCUT2D eigenvalue weighted by Crippen LogP contribution is 2.17. The van der Waals surface area contributed by atoms with Crippen molar-refractivity contribution in [3.05, 3.63) is 15.6 Å². The molecule has 90 valence electrons. The third kappa shape index (κ3) is 3.46. The highest BCUT2D eigenvalue weighted by atomic mass is 32.1. The molecule has 0 aliphatic heterocycles. The molecule has 16 heavy (non-hydrogen) atoms. The van der Waals surface area contributed by atoms with Crippen molar-refractivity contribution in [2.75, 3.05) is 13.1 Å². The molecule has 0 saturated heterocycles. The van der Waals surface area contributed by atoms with E-state index in [1.165, 1.54) is 4.88 Å². The van der Waals surface area contributed by atoms with Crippen molar-refractivity contribution >= 4 is 17.2 Å². The molecular formula is C10H18N4OS. The van der Waals surface area contributed by atoms with Gasteiger partial charge in [-0.05, 0) is 20.4 Å². The zero-order valence-electron chi connectivity index (χ0n) is 9.90. The number of thiazole rings is 1. The van der Waals surface area contributed by atoms with E-state index in [4.69, 9.17) is 10.9 Å². The molecule has 0 aromatic carbocycles. The molecule has 0 fully saturated rings. The first-order valence-corrected chi connectivity index (χ1v) is 6.00. The van der Waals surface area contributed by atoms with Gasteiger partial charge in [0.15, 0.2) is 5.84 Å². The smallest absolute Gasteiger partial charge is 0.153 e. The minimum absolute atomic E-state index is 0.229. The van der Waals surface area contributed by atoms with Gasteiger partial charge in [-0.25, -0.2) is 4.98 Å². The predicted octanol–water partition coefficient (Wildman–Crippen LogP) is 1.33. The van der Waals surface area contributed by atoms with Crippen LogP contribution < -0.4 is 5.73 Å². The second-order valence-electron chi connectivity index (χ2n) is 3.64. The molecule has 0 amide bonds. The Bertz CT molecular complexity index is 355. The van der Waals surface area contributed by atoms with E-state index in [0.717, 1.165) is 23.8 Å². The van der Waals surface area contributed by atoms with E-state index in [0.29, 0.717) is 6.54 Å². The molecule has 0 atom stereocenters. The lowest BCUT2D eigenvalue weighted by atomic mass is 10.4. The van der Waals surface area contributed by atoms with Crippen LogP contribution in [0.3, 0.4) is 0 Å². The Kier molecular flexibility index (Phi) is 4.70. The predicted molar refractivity (Wildman–Crippen MR) is 65.9 cm³/mol. The van der Waals surface area contributed by atoms with Crippen LogP contribution >= 0.6 is 11.3 Å². The maximum Gasteiger partial charge on any atom is 0.153 e. The summed E-state index contributed by atoms with van der Waals surface area (Å²) in [5.74, 6) is 0.229. The van der Waals surface area contributed by atoms with Gasteiger partial charge in [-0.1, -0.05) is 12.1 Å². The van der Waals surface area contributed by atoms with Crippen molar-refractivity contribution < 1.29 is 5.21 Å². The largest absolute Gasteiger partial charge is 0.409 e. The van der Waals surface area contributed by atoms with Crippen LogP contribution in [0.5, 0.6) is 0 Å². The minimum Gasteiger partial charge on any atom is -0.409 e. The van der Waals surface area contributed by atoms with Crippen molar-refractivity contribution in [3.8, 4) is 0 Å². The fraction of sp³-hybridized carbons (Fsp3) is 0.600. The van der Waals surface area contributed by atoms with Crippen molar-refractivity contribution in [1.29, 1.82) is 0 Å². The van der Waals surface area contributed by atoms with Gasteiger partial charge in [0.25, 0.3) is 0 Å². The van der Waals surface area contributed by atoms with Gasteiger partial charge in [-0.15, -0.1) is 11.3 Å². The number of nitrogens with two attached hydrogens (primary N) is 1. The van der Waals surface area contributed by atoms with Gasteiger partial charge in [0.05, 0.1) is 18.8 Å². The Morgan fingerprint density at radius 3 is 2.69 bits per heavy atom. The van der Waals surface area contributed by atoms with E-state index in [-0.39, 0.29) is 5.84 Å². The van der Waals surface area contributed by atoms with E-state index < -0.39 is 0 Å². The lowest BCUT2D eigenvalue weighted by molar-refractivity contribution is 0.294. The normalized spacial score (nSPS) is 12.4. The molecule has 0 spiro atoms. The molecule has 5 nitrogen and oxygen atoms in total. The van der Waals surface area contributed by atoms with E-state index >= 15 is 0 Å². The average Bonchev–Trinajstić information content (AvgIpc) is 2.56. The van der Waals surface area contributed by atoms with Crippen molar-refractivity contribution in [2.24, 2.45) is 10.9 Å². The molecule has 1 heterocycles. The molecule has 0 saturated carbocycles. The fourth-order valence-corrected chi connectivity index (χ4v) is 2.31. The van der Waals surface area contributed by atoms with Gasteiger partial charge in [0.1, 0.15) is 5.01 Å². The van der Waals surface area contributed by atoms with E-state index in [1.807, 2.05) is 13.8 Å². The first-order valence-electron chi connectivity index (χ1n) is 5.18. The molecule has 3 N–H and O–H groups in total. The summed E-state index contributed by atoms with van der Waals surface area (Å²) in [7, 11) is 0. The Morgan fingerprint density at radius 1 is 1.56 bits per heavy atom. The third-order valence-corrected chi connectivity index (χ3v) is 3.45. The molecule has 0 unspecified atom stereocenters. The maximum absolute atomic E-state index is 8.52. The first-order chi connectivity index (χ1) is 7.56. The Hall–Kier alpha value is -1.14. The molecular weight excluding hydrogens is 224 g/mol. The van der Waals surface area contributed by atoms with Gasteiger partial charge in [0.2, 0.25) is 0 Å². The quantitative estimate of drug-likeness (QED) is 0.353. The van der Waals surface area contributed by atoms with E-state index in [9.17, 15) is 0 Å². The number of likely N-dealkylation sites (N-methyl/N-ethyl adjacent to an activating group) is 1. The number of hydrogen-bond donors (Lipinski definition) is 2. The number of aryl methyl sites for hydroxylation is 2. The van der Waals surface area contributed by atoms with Gasteiger partial charge < -0.3 is 10.9 Å². The fourth-order valence-electron chi connectivity index (χ4n) is 1.34. The van der Waals surface area contributed by atoms with Crippen LogP contribution in [-0.4, -0.2) is 34.0 Å². The SMILES string of the molecule is CCN(CC(N)=NO)Cc1nc(C)c(C)s1. The average molecular weight is 242 g/mol. The van der Waals surface area contributed by atoms with Crippen LogP contribution in [0.25, 0.3) is 0 Å². The number of rotatable bonds is 5. The number of amidine groups is 1. The highest BCUT2D eigenvalue weighted by molar-refractivity contribution is 7.11. The molecule has 0 aliphatic carbocycles. The topological polar surface area (TPSA) is 74.7 Å². The second-order valence-corrected chi connectivity index (χ2v) is 4.93. The Balaban J connectivity index is 2.63. The summed E-state index contributed by atoms with van der Waals surface area (Å²) < 4.78 is 0. The van der Waals surface area contributed by atoms with Gasteiger partial charge in [-0.2, -0.15) is 0 Å². The van der Waals surface area contributed by atoms with Gasteiger partial charge >= 0.3 is 0 Å². The maximum atomic E-state index is 8.52. The van der Waals surface area contributed by atoms with Crippen LogP contribution in [0, 0.1) is 13.8 Å². The number of aromatic nitrogens is 1. The standard InChI is InChI=1S/C10H18N4OS/c1-4-14(5-9(11)13-15)6-10-12-7(2)8(3)16-10/h15H,4-6H2,1-3H3,(H2,11,13). The van der Waals surface area contributed by atoms with E-state index in [2.05, 4.69) is 22.0 Å². The molecule has 6 heteroatoms. The van der Waals surface area contributed by atoms with Crippen LogP contribution in [0.15, 0.2) is 5.16 Å². The van der Waals surface area contributed by atoms with Gasteiger partial charge in [-0.3, -0.25) is 4.90 Å². The molecule has 1 rings (SSSR count). The Labute approximate surface area is 99.6 Å². The number of nitrogens with zero attached hydrogens (tertiary/aromatic N) is 3. The van der Waals surface area contributed by atoms with Crippen LogP contribution in [-0.2, 0) is 6.54 Å². The highest BCUT2D eigenvalue weighted by Gasteiger charge is 2.10. The molecule has 0 bridgehead atoms. The summed E-state index contributed by atoms with van der Waals surface area (Å²) in [6.07, 6.45) is 0. The zero-order valence-corrected chi connectivity index (χ0v) is 10.7. The van der Waals surface area contributed by atoms with Crippen molar-refractivity contribution in [3.63, 3.8) is 0 Å². The third-order valence-electron chi connectivity index (χ3n) is 2.39. The Morgan fingerprint density at radius 2 is 2.25 bits per heavy atom. The minimum atomic E-state index is 0.229. The van der Waals surface area contributed by atoms with Crippen molar-refractivity contribution in [1.82, 2.24) is 9.88 Å². The lowest BCUT2D eigenvalue weighted by Crippen LogP contribution is -2.33. The molecule has 0 radical (unpaired) electrons. The zero-order chi connectivity index (χ0) is 12.1. The van der Waals surface area contributed by atoms with E-state index in [1.54, 1.807) is 11.3 Å². The summed E-state index contributed by atoms with van der Waals surface area (Å²) in [5.41, 5.74) is 6.56. The van der Waals surface area contributed by atoms with Crippen LogP contribution in [0.4, 0.5) is 0 Å². The summed E-state index contributed by atoms with van der Waals surface area (Å²) in [6, 6.07) is 0. The number of hydrogen-bond acceptors (Lipinski definition) is 5. The first kappa shape index (κ1) is 12.9. The summed E-state index contributed by atoms with van der Waals surface area (Å²) >= 11 is 1.70. The summed E-state index contributed by atoms with van der Waals surface area (Å²) in [5, 5.41) is 12.6.